The Labute approximate surface area is 90.6 Å². The zero-order valence-electron chi connectivity index (χ0n) is 8.56. The van der Waals surface area contributed by atoms with Crippen LogP contribution in [0.15, 0.2) is 0 Å². The molecule has 0 aliphatic carbocycles. The molecule has 0 bridgehead atoms. The van der Waals surface area contributed by atoms with Crippen molar-refractivity contribution < 1.29 is 22.8 Å². The topological polar surface area (TPSA) is 84.2 Å². The summed E-state index contributed by atoms with van der Waals surface area (Å²) < 4.78 is 35.0. The van der Waals surface area contributed by atoms with Crippen LogP contribution in [0.25, 0.3) is 0 Å². The summed E-state index contributed by atoms with van der Waals surface area (Å²) in [5.74, 6) is -0.443. The van der Waals surface area contributed by atoms with E-state index in [0.29, 0.717) is 12.8 Å². The highest BCUT2D eigenvalue weighted by Crippen LogP contribution is 2.11. The molecule has 0 unspecified atom stereocenters. The van der Waals surface area contributed by atoms with Crippen LogP contribution in [-0.2, 0) is 4.79 Å². The minimum Gasteiger partial charge on any atom is -0.370 e. The summed E-state index contributed by atoms with van der Waals surface area (Å²) >= 11 is 0. The van der Waals surface area contributed by atoms with E-state index >= 15 is 0 Å². The first-order valence-electron chi connectivity index (χ1n) is 4.68. The molecule has 0 atom stereocenters. The maximum Gasteiger partial charge on any atom is 0.405 e. The summed E-state index contributed by atoms with van der Waals surface area (Å²) in [6, 6.07) is -0.878. The van der Waals surface area contributed by atoms with Gasteiger partial charge in [0, 0.05) is 13.0 Å². The van der Waals surface area contributed by atoms with Crippen LogP contribution < -0.4 is 16.4 Å². The van der Waals surface area contributed by atoms with Gasteiger partial charge in [-0.25, -0.2) is 4.79 Å². The van der Waals surface area contributed by atoms with Crippen molar-refractivity contribution in [2.45, 2.75) is 25.4 Å². The van der Waals surface area contributed by atoms with Gasteiger partial charge in [-0.3, -0.25) is 4.79 Å². The Hall–Kier alpha value is -1.47. The molecule has 0 spiro atoms. The van der Waals surface area contributed by atoms with Crippen molar-refractivity contribution in [2.75, 3.05) is 13.1 Å². The second-order valence-electron chi connectivity index (χ2n) is 3.15. The SMILES string of the molecule is NC(=O)CCCCNC(=O)NCC(F)(F)F. The fourth-order valence-electron chi connectivity index (χ4n) is 0.869. The van der Waals surface area contributed by atoms with Crippen LogP contribution in [0.2, 0.25) is 0 Å². The third kappa shape index (κ3) is 10.6. The first-order chi connectivity index (χ1) is 7.31. The predicted molar refractivity (Wildman–Crippen MR) is 50.5 cm³/mol. The van der Waals surface area contributed by atoms with Crippen LogP contribution in [0.5, 0.6) is 0 Å². The molecule has 0 aromatic heterocycles. The van der Waals surface area contributed by atoms with Crippen molar-refractivity contribution in [1.82, 2.24) is 10.6 Å². The lowest BCUT2D eigenvalue weighted by atomic mass is 10.2. The summed E-state index contributed by atoms with van der Waals surface area (Å²) in [6.07, 6.45) is -3.23. The zero-order valence-corrected chi connectivity index (χ0v) is 8.56. The van der Waals surface area contributed by atoms with E-state index in [1.165, 1.54) is 0 Å². The Bertz CT molecular complexity index is 243. The van der Waals surface area contributed by atoms with Crippen LogP contribution in [0.3, 0.4) is 0 Å². The number of urea groups is 1. The van der Waals surface area contributed by atoms with E-state index in [-0.39, 0.29) is 13.0 Å². The van der Waals surface area contributed by atoms with Gasteiger partial charge in [-0.1, -0.05) is 0 Å². The van der Waals surface area contributed by atoms with Crippen LogP contribution >= 0.6 is 0 Å². The molecule has 0 aliphatic heterocycles. The summed E-state index contributed by atoms with van der Waals surface area (Å²) in [4.78, 5) is 21.1. The maximum atomic E-state index is 11.7. The van der Waals surface area contributed by atoms with E-state index < -0.39 is 24.7 Å². The largest absolute Gasteiger partial charge is 0.405 e. The van der Waals surface area contributed by atoms with Gasteiger partial charge in [0.1, 0.15) is 6.54 Å². The van der Waals surface area contributed by atoms with Crippen LogP contribution in [0.4, 0.5) is 18.0 Å². The normalized spacial score (nSPS) is 10.9. The maximum absolute atomic E-state index is 11.7. The number of primary amides is 1. The van der Waals surface area contributed by atoms with Crippen molar-refractivity contribution in [3.05, 3.63) is 0 Å². The van der Waals surface area contributed by atoms with Gasteiger partial charge >= 0.3 is 12.2 Å². The molecular formula is C8H14F3N3O2. The van der Waals surface area contributed by atoms with Crippen LogP contribution in [0, 0.1) is 0 Å². The Morgan fingerprint density at radius 2 is 1.75 bits per heavy atom. The number of nitrogens with one attached hydrogen (secondary N) is 2. The first kappa shape index (κ1) is 14.5. The summed E-state index contributed by atoms with van der Waals surface area (Å²) in [7, 11) is 0. The average molecular weight is 241 g/mol. The monoisotopic (exact) mass is 241 g/mol. The highest BCUT2D eigenvalue weighted by Gasteiger charge is 2.27. The lowest BCUT2D eigenvalue weighted by Crippen LogP contribution is -2.41. The van der Waals surface area contributed by atoms with Crippen molar-refractivity contribution in [1.29, 1.82) is 0 Å². The van der Waals surface area contributed by atoms with Crippen molar-refractivity contribution >= 4 is 11.9 Å². The summed E-state index contributed by atoms with van der Waals surface area (Å²) in [5.41, 5.74) is 4.87. The van der Waals surface area contributed by atoms with Crippen molar-refractivity contribution in [3.63, 3.8) is 0 Å². The third-order valence-electron chi connectivity index (χ3n) is 1.58. The number of rotatable bonds is 6. The number of carbonyl (C=O) groups is 2. The Kier molecular flexibility index (Phi) is 6.28. The number of halogens is 3. The molecule has 4 N–H and O–H groups in total. The van der Waals surface area contributed by atoms with Gasteiger partial charge in [-0.15, -0.1) is 0 Å². The molecule has 0 rings (SSSR count). The van der Waals surface area contributed by atoms with Gasteiger partial charge < -0.3 is 16.4 Å². The minimum absolute atomic E-state index is 0.200. The van der Waals surface area contributed by atoms with Gasteiger partial charge in [0.15, 0.2) is 0 Å². The first-order valence-corrected chi connectivity index (χ1v) is 4.68. The van der Waals surface area contributed by atoms with E-state index in [1.54, 1.807) is 5.32 Å². The molecule has 3 amide bonds. The second-order valence-corrected chi connectivity index (χ2v) is 3.15. The molecule has 0 aromatic rings. The lowest BCUT2D eigenvalue weighted by molar-refractivity contribution is -0.122. The number of unbranched alkanes of at least 4 members (excludes halogenated alkanes) is 1. The molecule has 16 heavy (non-hydrogen) atoms. The molecule has 0 fully saturated rings. The van der Waals surface area contributed by atoms with Gasteiger partial charge in [0.25, 0.3) is 0 Å². The Morgan fingerprint density at radius 3 is 2.25 bits per heavy atom. The molecule has 94 valence electrons. The van der Waals surface area contributed by atoms with Crippen molar-refractivity contribution in [3.8, 4) is 0 Å². The van der Waals surface area contributed by atoms with E-state index in [2.05, 4.69) is 5.32 Å². The van der Waals surface area contributed by atoms with Crippen LogP contribution in [0.1, 0.15) is 19.3 Å². The van der Waals surface area contributed by atoms with Gasteiger partial charge in [0.05, 0.1) is 0 Å². The summed E-state index contributed by atoms with van der Waals surface area (Å²) in [5, 5.41) is 3.88. The molecule has 0 heterocycles. The number of hydrogen-bond donors (Lipinski definition) is 3. The minimum atomic E-state index is -4.41. The summed E-state index contributed by atoms with van der Waals surface area (Å²) in [6.45, 7) is -1.16. The Balaban J connectivity index is 3.41. The van der Waals surface area contributed by atoms with Gasteiger partial charge in [-0.2, -0.15) is 13.2 Å². The van der Waals surface area contributed by atoms with Crippen LogP contribution in [-0.4, -0.2) is 31.2 Å². The predicted octanol–water partition coefficient (Wildman–Crippen LogP) is 0.503. The number of hydrogen-bond acceptors (Lipinski definition) is 2. The fraction of sp³-hybridized carbons (Fsp3) is 0.750. The number of carbonyl (C=O) groups excluding carboxylic acids is 2. The smallest absolute Gasteiger partial charge is 0.370 e. The molecule has 0 aliphatic rings. The number of nitrogens with two attached hydrogens (primary N) is 1. The van der Waals surface area contributed by atoms with Gasteiger partial charge in [0.2, 0.25) is 5.91 Å². The highest BCUT2D eigenvalue weighted by atomic mass is 19.4. The quantitative estimate of drug-likeness (QED) is 0.592. The Morgan fingerprint density at radius 1 is 1.12 bits per heavy atom. The van der Waals surface area contributed by atoms with E-state index in [4.69, 9.17) is 5.73 Å². The molecule has 5 nitrogen and oxygen atoms in total. The zero-order chi connectivity index (χ0) is 12.6. The van der Waals surface area contributed by atoms with E-state index in [9.17, 15) is 22.8 Å². The molecule has 8 heteroatoms. The lowest BCUT2D eigenvalue weighted by Gasteiger charge is -2.09. The van der Waals surface area contributed by atoms with E-state index in [1.807, 2.05) is 0 Å². The molecule has 0 saturated carbocycles. The fourth-order valence-corrected chi connectivity index (χ4v) is 0.869. The number of alkyl halides is 3. The standard InChI is InChI=1S/C8H14F3N3O2/c9-8(10,11)5-14-7(16)13-4-2-1-3-6(12)15/h1-5H2,(H2,12,15)(H2,13,14,16). The number of amides is 3. The van der Waals surface area contributed by atoms with Gasteiger partial charge in [-0.05, 0) is 12.8 Å². The molecular weight excluding hydrogens is 227 g/mol. The van der Waals surface area contributed by atoms with E-state index in [0.717, 1.165) is 0 Å². The molecule has 0 radical (unpaired) electrons. The third-order valence-corrected chi connectivity index (χ3v) is 1.58. The van der Waals surface area contributed by atoms with Crippen molar-refractivity contribution in [2.24, 2.45) is 5.73 Å². The average Bonchev–Trinajstić information content (AvgIpc) is 2.12. The highest BCUT2D eigenvalue weighted by molar-refractivity contribution is 5.74. The second kappa shape index (κ2) is 6.91. The molecule has 0 aromatic carbocycles. The molecule has 0 saturated heterocycles.